The van der Waals surface area contributed by atoms with Crippen LogP contribution in [0.5, 0.6) is 0 Å². The monoisotopic (exact) mass is 544 g/mol. The van der Waals surface area contributed by atoms with Gasteiger partial charge in [0.15, 0.2) is 5.96 Å². The van der Waals surface area contributed by atoms with Crippen LogP contribution in [-0.4, -0.2) is 63.5 Å². The lowest BCUT2D eigenvalue weighted by molar-refractivity contribution is 0.0168. The third-order valence-electron chi connectivity index (χ3n) is 5.87. The van der Waals surface area contributed by atoms with Crippen LogP contribution in [-0.2, 0) is 22.6 Å². The first-order valence-corrected chi connectivity index (χ1v) is 11.8. The average Bonchev–Trinajstić information content (AvgIpc) is 3.16. The minimum absolute atomic E-state index is 0. The van der Waals surface area contributed by atoms with Crippen LogP contribution in [0.3, 0.4) is 0 Å². The Kier molecular flexibility index (Phi) is 13.5. The number of likely N-dealkylation sites (tertiary alicyclic amines) is 1. The van der Waals surface area contributed by atoms with E-state index in [1.165, 1.54) is 56.3 Å². The summed E-state index contributed by atoms with van der Waals surface area (Å²) < 4.78 is 11.3. The van der Waals surface area contributed by atoms with Crippen molar-refractivity contribution in [2.24, 2.45) is 4.99 Å². The van der Waals surface area contributed by atoms with Crippen molar-refractivity contribution in [1.82, 2.24) is 15.5 Å². The highest BCUT2D eigenvalue weighted by Gasteiger charge is 2.15. The molecule has 1 aromatic carbocycles. The van der Waals surface area contributed by atoms with E-state index in [9.17, 15) is 0 Å². The Morgan fingerprint density at radius 3 is 2.68 bits per heavy atom. The van der Waals surface area contributed by atoms with Crippen LogP contribution >= 0.6 is 24.0 Å². The van der Waals surface area contributed by atoms with E-state index in [1.54, 1.807) is 0 Å². The van der Waals surface area contributed by atoms with Crippen LogP contribution in [0.4, 0.5) is 0 Å². The third kappa shape index (κ3) is 10.5. The SMILES string of the molecule is CN=C(NCCCOCC1CCCO1)NCc1cccc(CN2CCCCCC2)c1.I. The van der Waals surface area contributed by atoms with Crippen LogP contribution in [0.25, 0.3) is 0 Å². The summed E-state index contributed by atoms with van der Waals surface area (Å²) in [6.45, 7) is 7.52. The van der Waals surface area contributed by atoms with Gasteiger partial charge in [-0.3, -0.25) is 9.89 Å². The van der Waals surface area contributed by atoms with Crippen molar-refractivity contribution < 1.29 is 9.47 Å². The molecule has 0 amide bonds. The van der Waals surface area contributed by atoms with Crippen LogP contribution < -0.4 is 10.6 Å². The Hall–Kier alpha value is -0.900. The van der Waals surface area contributed by atoms with Gasteiger partial charge in [-0.1, -0.05) is 37.1 Å². The molecule has 2 N–H and O–H groups in total. The number of guanidine groups is 1. The molecule has 0 aromatic heterocycles. The lowest BCUT2D eigenvalue weighted by atomic mass is 10.1. The maximum absolute atomic E-state index is 5.72. The molecule has 0 radical (unpaired) electrons. The molecule has 7 heteroatoms. The van der Waals surface area contributed by atoms with E-state index < -0.39 is 0 Å². The zero-order chi connectivity index (χ0) is 20.9. The summed E-state index contributed by atoms with van der Waals surface area (Å²) in [7, 11) is 1.82. The number of benzene rings is 1. The Balaban J connectivity index is 0.00000341. The summed E-state index contributed by atoms with van der Waals surface area (Å²) >= 11 is 0. The van der Waals surface area contributed by atoms with Gasteiger partial charge in [-0.2, -0.15) is 0 Å². The van der Waals surface area contributed by atoms with Gasteiger partial charge in [-0.15, -0.1) is 24.0 Å². The summed E-state index contributed by atoms with van der Waals surface area (Å²) in [6, 6.07) is 8.93. The molecule has 0 spiro atoms. The number of nitrogens with zero attached hydrogens (tertiary/aromatic N) is 2. The Morgan fingerprint density at radius 1 is 1.13 bits per heavy atom. The van der Waals surface area contributed by atoms with Gasteiger partial charge in [0.25, 0.3) is 0 Å². The van der Waals surface area contributed by atoms with Crippen molar-refractivity contribution in [3.8, 4) is 0 Å². The Labute approximate surface area is 205 Å². The summed E-state index contributed by atoms with van der Waals surface area (Å²) in [6.07, 6.45) is 9.00. The number of rotatable bonds is 10. The van der Waals surface area contributed by atoms with Crippen LogP contribution in [0.1, 0.15) is 56.1 Å². The summed E-state index contributed by atoms with van der Waals surface area (Å²) in [5.41, 5.74) is 2.70. The summed E-state index contributed by atoms with van der Waals surface area (Å²) in [4.78, 5) is 6.93. The molecular formula is C24H41IN4O2. The highest BCUT2D eigenvalue weighted by atomic mass is 127. The number of hydrogen-bond donors (Lipinski definition) is 2. The van der Waals surface area contributed by atoms with Crippen molar-refractivity contribution in [3.05, 3.63) is 35.4 Å². The smallest absolute Gasteiger partial charge is 0.191 e. The van der Waals surface area contributed by atoms with Gasteiger partial charge in [0.2, 0.25) is 0 Å². The quantitative estimate of drug-likeness (QED) is 0.202. The topological polar surface area (TPSA) is 58.1 Å². The number of ether oxygens (including phenoxy) is 2. The normalized spacial score (nSPS) is 20.2. The van der Waals surface area contributed by atoms with Crippen molar-refractivity contribution in [2.45, 2.75) is 64.1 Å². The van der Waals surface area contributed by atoms with Gasteiger partial charge in [0.05, 0.1) is 12.7 Å². The second-order valence-electron chi connectivity index (χ2n) is 8.43. The van der Waals surface area contributed by atoms with Crippen molar-refractivity contribution in [3.63, 3.8) is 0 Å². The van der Waals surface area contributed by atoms with Gasteiger partial charge in [0, 0.05) is 39.9 Å². The fraction of sp³-hybridized carbons (Fsp3) is 0.708. The highest BCUT2D eigenvalue weighted by Crippen LogP contribution is 2.14. The van der Waals surface area contributed by atoms with Gasteiger partial charge in [-0.25, -0.2) is 0 Å². The van der Waals surface area contributed by atoms with Gasteiger partial charge < -0.3 is 20.1 Å². The largest absolute Gasteiger partial charge is 0.379 e. The first-order valence-electron chi connectivity index (χ1n) is 11.8. The molecular weight excluding hydrogens is 503 g/mol. The standard InChI is InChI=1S/C24H40N4O2.HI/c1-25-24(26-12-8-15-29-20-23-11-7-16-30-23)27-18-21-9-6-10-22(17-21)19-28-13-4-2-3-5-14-28;/h6,9-10,17,23H,2-5,7-8,11-16,18-20H2,1H3,(H2,25,26,27);1H. The van der Waals surface area contributed by atoms with E-state index in [2.05, 4.69) is 44.8 Å². The van der Waals surface area contributed by atoms with Gasteiger partial charge in [0.1, 0.15) is 0 Å². The molecule has 2 saturated heterocycles. The predicted octanol–water partition coefficient (Wildman–Crippen LogP) is 3.93. The van der Waals surface area contributed by atoms with Gasteiger partial charge in [-0.05, 0) is 56.3 Å². The molecule has 6 nitrogen and oxygen atoms in total. The molecule has 0 aliphatic carbocycles. The minimum Gasteiger partial charge on any atom is -0.379 e. The first kappa shape index (κ1) is 26.4. The Morgan fingerprint density at radius 2 is 1.94 bits per heavy atom. The van der Waals surface area contributed by atoms with E-state index in [1.807, 2.05) is 7.05 Å². The maximum Gasteiger partial charge on any atom is 0.191 e. The van der Waals surface area contributed by atoms with Crippen LogP contribution in [0, 0.1) is 0 Å². The predicted molar refractivity (Wildman–Crippen MR) is 138 cm³/mol. The van der Waals surface area contributed by atoms with Crippen molar-refractivity contribution in [2.75, 3.05) is 46.5 Å². The first-order chi connectivity index (χ1) is 14.8. The molecule has 0 saturated carbocycles. The fourth-order valence-electron chi connectivity index (χ4n) is 4.17. The molecule has 31 heavy (non-hydrogen) atoms. The fourth-order valence-corrected chi connectivity index (χ4v) is 4.17. The zero-order valence-electron chi connectivity index (χ0n) is 19.1. The molecule has 2 fully saturated rings. The molecule has 176 valence electrons. The number of halogens is 1. The van der Waals surface area contributed by atoms with Gasteiger partial charge >= 0.3 is 0 Å². The van der Waals surface area contributed by atoms with Crippen molar-refractivity contribution in [1.29, 1.82) is 0 Å². The second-order valence-corrected chi connectivity index (χ2v) is 8.43. The minimum atomic E-state index is 0. The van der Waals surface area contributed by atoms with Crippen LogP contribution in [0.15, 0.2) is 29.3 Å². The molecule has 2 heterocycles. The molecule has 2 aliphatic heterocycles. The van der Waals surface area contributed by atoms with E-state index >= 15 is 0 Å². The Bertz CT molecular complexity index is 630. The molecule has 0 bridgehead atoms. The lowest BCUT2D eigenvalue weighted by Crippen LogP contribution is -2.37. The summed E-state index contributed by atoms with van der Waals surface area (Å²) in [5, 5.41) is 6.80. The molecule has 1 unspecified atom stereocenters. The molecule has 3 rings (SSSR count). The summed E-state index contributed by atoms with van der Waals surface area (Å²) in [5.74, 6) is 0.840. The third-order valence-corrected chi connectivity index (χ3v) is 5.87. The number of hydrogen-bond acceptors (Lipinski definition) is 4. The van der Waals surface area contributed by atoms with E-state index in [0.717, 1.165) is 58.3 Å². The van der Waals surface area contributed by atoms with E-state index in [0.29, 0.717) is 6.10 Å². The maximum atomic E-state index is 5.72. The average molecular weight is 545 g/mol. The lowest BCUT2D eigenvalue weighted by Gasteiger charge is -2.20. The van der Waals surface area contributed by atoms with E-state index in [4.69, 9.17) is 9.47 Å². The zero-order valence-corrected chi connectivity index (χ0v) is 21.4. The molecule has 1 atom stereocenters. The number of nitrogens with one attached hydrogen (secondary N) is 2. The molecule has 1 aromatic rings. The van der Waals surface area contributed by atoms with E-state index in [-0.39, 0.29) is 24.0 Å². The number of aliphatic imine (C=N–C) groups is 1. The molecule has 2 aliphatic rings. The van der Waals surface area contributed by atoms with Crippen molar-refractivity contribution >= 4 is 29.9 Å². The second kappa shape index (κ2) is 15.8. The highest BCUT2D eigenvalue weighted by molar-refractivity contribution is 14.0. The van der Waals surface area contributed by atoms with Crippen LogP contribution in [0.2, 0.25) is 0 Å².